The summed E-state index contributed by atoms with van der Waals surface area (Å²) in [4.78, 5) is 27.7. The van der Waals surface area contributed by atoms with Gasteiger partial charge in [-0.25, -0.2) is 0 Å². The Morgan fingerprint density at radius 1 is 1.00 bits per heavy atom. The number of ether oxygens (including phenoxy) is 1. The van der Waals surface area contributed by atoms with Gasteiger partial charge in [0.25, 0.3) is 5.91 Å². The van der Waals surface area contributed by atoms with Crippen molar-refractivity contribution in [3.8, 4) is 5.75 Å². The van der Waals surface area contributed by atoms with Gasteiger partial charge >= 0.3 is 0 Å². The Labute approximate surface area is 180 Å². The fraction of sp³-hybridized carbons (Fsp3) is 0.440. The second-order valence-corrected chi connectivity index (χ2v) is 7.85. The number of nitrogens with zero attached hydrogens (tertiary/aromatic N) is 1. The molecule has 0 aliphatic carbocycles. The van der Waals surface area contributed by atoms with Crippen molar-refractivity contribution in [1.82, 2.24) is 10.2 Å². The number of hydrogen-bond acceptors (Lipinski definition) is 3. The number of aryl methyl sites for hydroxylation is 2. The third-order valence-electron chi connectivity index (χ3n) is 5.21. The lowest BCUT2D eigenvalue weighted by molar-refractivity contribution is -0.143. The molecule has 0 aromatic heterocycles. The molecule has 2 rings (SSSR count). The minimum atomic E-state index is -0.547. The van der Waals surface area contributed by atoms with Crippen LogP contribution in [0.4, 0.5) is 0 Å². The Morgan fingerprint density at radius 2 is 1.70 bits per heavy atom. The topological polar surface area (TPSA) is 58.6 Å². The molecule has 2 aromatic carbocycles. The summed E-state index contributed by atoms with van der Waals surface area (Å²) in [5.74, 6) is 0.321. The van der Waals surface area contributed by atoms with Crippen LogP contribution in [-0.2, 0) is 16.1 Å². The normalized spacial score (nSPS) is 12.7. The summed E-state index contributed by atoms with van der Waals surface area (Å²) in [5.41, 5.74) is 3.20. The monoisotopic (exact) mass is 410 g/mol. The van der Waals surface area contributed by atoms with E-state index in [1.165, 1.54) is 0 Å². The van der Waals surface area contributed by atoms with Crippen LogP contribution in [-0.4, -0.2) is 35.4 Å². The van der Waals surface area contributed by atoms with Gasteiger partial charge < -0.3 is 15.0 Å². The van der Waals surface area contributed by atoms with Crippen molar-refractivity contribution >= 4 is 11.8 Å². The minimum Gasteiger partial charge on any atom is -0.484 e. The summed E-state index contributed by atoms with van der Waals surface area (Å²) in [6, 6.07) is 15.1. The van der Waals surface area contributed by atoms with E-state index in [1.54, 1.807) is 4.90 Å². The number of benzene rings is 2. The summed E-state index contributed by atoms with van der Waals surface area (Å²) in [6.07, 6.45) is 1.37. The second-order valence-electron chi connectivity index (χ2n) is 7.85. The van der Waals surface area contributed by atoms with Crippen LogP contribution in [0.15, 0.2) is 48.5 Å². The van der Waals surface area contributed by atoms with E-state index < -0.39 is 6.04 Å². The van der Waals surface area contributed by atoms with Gasteiger partial charge in [-0.2, -0.15) is 0 Å². The minimum absolute atomic E-state index is 0.0615. The Morgan fingerprint density at radius 3 is 2.30 bits per heavy atom. The molecule has 2 amide bonds. The Hall–Kier alpha value is -2.82. The molecule has 0 fully saturated rings. The molecule has 2 atom stereocenters. The second kappa shape index (κ2) is 11.4. The summed E-state index contributed by atoms with van der Waals surface area (Å²) >= 11 is 0. The molecule has 2 aromatic rings. The highest BCUT2D eigenvalue weighted by Gasteiger charge is 2.29. The van der Waals surface area contributed by atoms with Crippen LogP contribution in [0, 0.1) is 13.8 Å². The maximum absolute atomic E-state index is 13.2. The molecular weight excluding hydrogens is 376 g/mol. The third-order valence-corrected chi connectivity index (χ3v) is 5.21. The van der Waals surface area contributed by atoms with Gasteiger partial charge in [0.2, 0.25) is 5.91 Å². The van der Waals surface area contributed by atoms with Crippen LogP contribution in [0.1, 0.15) is 50.3 Å². The highest BCUT2D eigenvalue weighted by molar-refractivity contribution is 5.88. The molecule has 0 aliphatic heterocycles. The zero-order chi connectivity index (χ0) is 22.1. The van der Waals surface area contributed by atoms with E-state index in [9.17, 15) is 9.59 Å². The molecule has 0 bridgehead atoms. The first-order chi connectivity index (χ1) is 14.3. The van der Waals surface area contributed by atoms with Gasteiger partial charge in [0.1, 0.15) is 11.8 Å². The van der Waals surface area contributed by atoms with E-state index in [0.717, 1.165) is 23.1 Å². The van der Waals surface area contributed by atoms with Crippen molar-refractivity contribution in [2.45, 2.75) is 66.1 Å². The molecule has 162 valence electrons. The maximum Gasteiger partial charge on any atom is 0.261 e. The first-order valence-electron chi connectivity index (χ1n) is 10.7. The van der Waals surface area contributed by atoms with Gasteiger partial charge in [-0.1, -0.05) is 55.8 Å². The van der Waals surface area contributed by atoms with E-state index in [1.807, 2.05) is 83.1 Å². The SMILES string of the molecule is CCC(C)NC(=O)C(CC)N(Cc1ccc(C)cc1)C(=O)COc1cccc(C)c1. The number of nitrogens with one attached hydrogen (secondary N) is 1. The zero-order valence-electron chi connectivity index (χ0n) is 18.8. The van der Waals surface area contributed by atoms with Crippen LogP contribution in [0.25, 0.3) is 0 Å². The predicted octanol–water partition coefficient (Wildman–Crippen LogP) is 4.40. The lowest BCUT2D eigenvalue weighted by Crippen LogP contribution is -2.51. The first kappa shape index (κ1) is 23.5. The Kier molecular flexibility index (Phi) is 8.90. The van der Waals surface area contributed by atoms with Gasteiger partial charge in [0.05, 0.1) is 0 Å². The number of rotatable bonds is 10. The molecule has 0 saturated heterocycles. The van der Waals surface area contributed by atoms with Crippen molar-refractivity contribution in [2.75, 3.05) is 6.61 Å². The number of amides is 2. The summed E-state index contributed by atoms with van der Waals surface area (Å²) in [7, 11) is 0. The van der Waals surface area contributed by atoms with E-state index in [4.69, 9.17) is 4.74 Å². The molecule has 0 aliphatic rings. The van der Waals surface area contributed by atoms with Crippen LogP contribution in [0.2, 0.25) is 0 Å². The molecule has 0 radical (unpaired) electrons. The summed E-state index contributed by atoms with van der Waals surface area (Å²) in [5, 5.41) is 3.02. The van der Waals surface area contributed by atoms with Gasteiger partial charge in [0.15, 0.2) is 6.61 Å². The van der Waals surface area contributed by atoms with E-state index in [2.05, 4.69) is 5.32 Å². The average Bonchev–Trinajstić information content (AvgIpc) is 2.73. The average molecular weight is 411 g/mol. The quantitative estimate of drug-likeness (QED) is 0.631. The maximum atomic E-state index is 13.2. The van der Waals surface area contributed by atoms with Crippen LogP contribution in [0.3, 0.4) is 0 Å². The largest absolute Gasteiger partial charge is 0.484 e. The smallest absolute Gasteiger partial charge is 0.261 e. The predicted molar refractivity (Wildman–Crippen MR) is 120 cm³/mol. The lowest BCUT2D eigenvalue weighted by Gasteiger charge is -2.31. The van der Waals surface area contributed by atoms with Crippen LogP contribution >= 0.6 is 0 Å². The molecule has 5 heteroatoms. The van der Waals surface area contributed by atoms with E-state index >= 15 is 0 Å². The van der Waals surface area contributed by atoms with Gasteiger partial charge in [0, 0.05) is 12.6 Å². The summed E-state index contributed by atoms with van der Waals surface area (Å²) in [6.45, 7) is 10.2. The van der Waals surface area contributed by atoms with Crippen molar-refractivity contribution < 1.29 is 14.3 Å². The lowest BCUT2D eigenvalue weighted by atomic mass is 10.1. The van der Waals surface area contributed by atoms with Crippen molar-refractivity contribution in [1.29, 1.82) is 0 Å². The number of hydrogen-bond donors (Lipinski definition) is 1. The molecule has 1 N–H and O–H groups in total. The van der Waals surface area contributed by atoms with E-state index in [-0.39, 0.29) is 24.5 Å². The van der Waals surface area contributed by atoms with Crippen LogP contribution in [0.5, 0.6) is 5.75 Å². The molecule has 30 heavy (non-hydrogen) atoms. The number of carbonyl (C=O) groups is 2. The fourth-order valence-corrected chi connectivity index (χ4v) is 3.18. The first-order valence-corrected chi connectivity index (χ1v) is 10.7. The molecule has 0 saturated carbocycles. The third kappa shape index (κ3) is 6.90. The Balaban J connectivity index is 2.20. The van der Waals surface area contributed by atoms with Crippen LogP contribution < -0.4 is 10.1 Å². The molecular formula is C25H34N2O3. The van der Waals surface area contributed by atoms with Crippen molar-refractivity contribution in [2.24, 2.45) is 0 Å². The molecule has 2 unspecified atom stereocenters. The Bertz CT molecular complexity index is 833. The fourth-order valence-electron chi connectivity index (χ4n) is 3.18. The van der Waals surface area contributed by atoms with Crippen molar-refractivity contribution in [3.63, 3.8) is 0 Å². The molecule has 0 spiro atoms. The van der Waals surface area contributed by atoms with Gasteiger partial charge in [-0.15, -0.1) is 0 Å². The standard InChI is InChI=1S/C25H34N2O3/c1-6-20(5)26-25(29)23(7-2)27(16-21-13-11-18(3)12-14-21)24(28)17-30-22-10-8-9-19(4)15-22/h8-15,20,23H,6-7,16-17H2,1-5H3,(H,26,29). The number of carbonyl (C=O) groups excluding carboxylic acids is 2. The summed E-state index contributed by atoms with van der Waals surface area (Å²) < 4.78 is 5.74. The van der Waals surface area contributed by atoms with Crippen molar-refractivity contribution in [3.05, 3.63) is 65.2 Å². The molecule has 5 nitrogen and oxygen atoms in total. The highest BCUT2D eigenvalue weighted by Crippen LogP contribution is 2.16. The van der Waals surface area contributed by atoms with Gasteiger partial charge in [-0.05, 0) is 56.9 Å². The highest BCUT2D eigenvalue weighted by atomic mass is 16.5. The zero-order valence-corrected chi connectivity index (χ0v) is 18.8. The van der Waals surface area contributed by atoms with E-state index in [0.29, 0.717) is 18.7 Å². The molecule has 0 heterocycles. The van der Waals surface area contributed by atoms with Gasteiger partial charge in [-0.3, -0.25) is 9.59 Å².